The topological polar surface area (TPSA) is 61.0 Å². The Hall–Kier alpha value is -2.30. The van der Waals surface area contributed by atoms with Crippen LogP contribution in [0.5, 0.6) is 0 Å². The largest absolute Gasteiger partial charge is 0.337 e. The highest BCUT2D eigenvalue weighted by atomic mass is 16.2. The fourth-order valence-electron chi connectivity index (χ4n) is 3.82. The van der Waals surface area contributed by atoms with Crippen LogP contribution in [0.4, 0.5) is 4.79 Å². The average Bonchev–Trinajstić information content (AvgIpc) is 3.10. The normalized spacial score (nSPS) is 23.0. The third kappa shape index (κ3) is 2.71. The molecule has 1 saturated heterocycles. The van der Waals surface area contributed by atoms with Crippen LogP contribution in [-0.4, -0.2) is 34.2 Å². The van der Waals surface area contributed by atoms with Gasteiger partial charge in [0.1, 0.15) is 0 Å². The highest BCUT2D eigenvalue weighted by Gasteiger charge is 2.30. The summed E-state index contributed by atoms with van der Waals surface area (Å²) in [5.41, 5.74) is 3.91. The Labute approximate surface area is 136 Å². The number of nitrogens with zero attached hydrogens (tertiary/aromatic N) is 2. The van der Waals surface area contributed by atoms with E-state index in [2.05, 4.69) is 39.8 Å². The predicted octanol–water partition coefficient (Wildman–Crippen LogP) is 2.99. The molecular formula is C18H22N4O. The van der Waals surface area contributed by atoms with Crippen molar-refractivity contribution in [3.05, 3.63) is 53.3 Å². The molecule has 1 aliphatic carbocycles. The predicted molar refractivity (Wildman–Crippen MR) is 88.2 cm³/mol. The first kappa shape index (κ1) is 14.3. The Morgan fingerprint density at radius 1 is 1.35 bits per heavy atom. The van der Waals surface area contributed by atoms with Crippen LogP contribution in [0.3, 0.4) is 0 Å². The van der Waals surface area contributed by atoms with Gasteiger partial charge in [0.2, 0.25) is 0 Å². The van der Waals surface area contributed by atoms with Crippen LogP contribution in [0, 0.1) is 0 Å². The number of rotatable bonds is 3. The first-order chi connectivity index (χ1) is 11.3. The molecule has 1 aliphatic heterocycles. The van der Waals surface area contributed by atoms with Crippen molar-refractivity contribution in [2.45, 2.75) is 37.6 Å². The molecule has 120 valence electrons. The van der Waals surface area contributed by atoms with E-state index in [0.717, 1.165) is 44.3 Å². The van der Waals surface area contributed by atoms with Crippen LogP contribution >= 0.6 is 0 Å². The van der Waals surface area contributed by atoms with Crippen LogP contribution in [-0.2, 0) is 6.42 Å². The van der Waals surface area contributed by atoms with Crippen molar-refractivity contribution in [2.75, 3.05) is 13.1 Å². The molecule has 0 saturated carbocycles. The number of benzene rings is 1. The van der Waals surface area contributed by atoms with Crippen molar-refractivity contribution in [3.63, 3.8) is 0 Å². The molecule has 2 unspecified atom stereocenters. The number of aromatic amines is 1. The van der Waals surface area contributed by atoms with Gasteiger partial charge in [0.15, 0.2) is 0 Å². The Morgan fingerprint density at radius 2 is 2.26 bits per heavy atom. The summed E-state index contributed by atoms with van der Waals surface area (Å²) in [6.07, 6.45) is 8.06. The molecule has 2 amide bonds. The van der Waals surface area contributed by atoms with Gasteiger partial charge in [-0.2, -0.15) is 5.10 Å². The Morgan fingerprint density at radius 3 is 3.09 bits per heavy atom. The molecule has 1 aromatic carbocycles. The van der Waals surface area contributed by atoms with Crippen LogP contribution < -0.4 is 5.32 Å². The number of fused-ring (bicyclic) bond motifs is 1. The summed E-state index contributed by atoms with van der Waals surface area (Å²) in [5, 5.41) is 10.0. The van der Waals surface area contributed by atoms with E-state index >= 15 is 0 Å². The summed E-state index contributed by atoms with van der Waals surface area (Å²) in [5.74, 6) is 0.465. The van der Waals surface area contributed by atoms with Gasteiger partial charge in [0.25, 0.3) is 0 Å². The van der Waals surface area contributed by atoms with Crippen molar-refractivity contribution >= 4 is 6.03 Å². The summed E-state index contributed by atoms with van der Waals surface area (Å²) >= 11 is 0. The van der Waals surface area contributed by atoms with Gasteiger partial charge in [-0.3, -0.25) is 5.10 Å². The number of amides is 2. The highest BCUT2D eigenvalue weighted by molar-refractivity contribution is 5.75. The standard InChI is InChI=1S/C18H22N4O/c23-18(19-10-14-9-13-5-1-2-6-16(13)14)22-8-4-3-7-17(22)15-11-20-21-12-15/h1-2,5-6,11-12,14,17H,3-4,7-10H2,(H,19,23)(H,20,21). The van der Waals surface area contributed by atoms with E-state index in [0.29, 0.717) is 5.92 Å². The maximum Gasteiger partial charge on any atom is 0.317 e. The smallest absolute Gasteiger partial charge is 0.317 e. The van der Waals surface area contributed by atoms with Gasteiger partial charge in [-0.25, -0.2) is 4.79 Å². The van der Waals surface area contributed by atoms with Crippen molar-refractivity contribution < 1.29 is 4.79 Å². The summed E-state index contributed by atoms with van der Waals surface area (Å²) in [6, 6.07) is 8.71. The lowest BCUT2D eigenvalue weighted by Crippen LogP contribution is -2.46. The Bertz CT molecular complexity index is 682. The molecule has 0 radical (unpaired) electrons. The molecule has 23 heavy (non-hydrogen) atoms. The van der Waals surface area contributed by atoms with Gasteiger partial charge in [0, 0.05) is 30.8 Å². The molecule has 0 bridgehead atoms. The lowest BCUT2D eigenvalue weighted by atomic mass is 9.78. The van der Waals surface area contributed by atoms with Gasteiger partial charge in [-0.15, -0.1) is 0 Å². The van der Waals surface area contributed by atoms with Gasteiger partial charge in [0.05, 0.1) is 12.2 Å². The summed E-state index contributed by atoms with van der Waals surface area (Å²) in [7, 11) is 0. The number of likely N-dealkylation sites (tertiary alicyclic amines) is 1. The maximum atomic E-state index is 12.6. The van der Waals surface area contributed by atoms with Crippen LogP contribution in [0.1, 0.15) is 47.9 Å². The maximum absolute atomic E-state index is 12.6. The van der Waals surface area contributed by atoms with Crippen LogP contribution in [0.2, 0.25) is 0 Å². The lowest BCUT2D eigenvalue weighted by molar-refractivity contribution is 0.151. The third-order valence-electron chi connectivity index (χ3n) is 5.13. The van der Waals surface area contributed by atoms with E-state index in [4.69, 9.17) is 0 Å². The zero-order chi connectivity index (χ0) is 15.6. The van der Waals surface area contributed by atoms with Crippen molar-refractivity contribution in [1.82, 2.24) is 20.4 Å². The van der Waals surface area contributed by atoms with E-state index in [9.17, 15) is 4.79 Å². The van der Waals surface area contributed by atoms with Crippen molar-refractivity contribution in [1.29, 1.82) is 0 Å². The van der Waals surface area contributed by atoms with E-state index in [1.807, 2.05) is 17.3 Å². The molecule has 5 heteroatoms. The number of aromatic nitrogens is 2. The van der Waals surface area contributed by atoms with Crippen molar-refractivity contribution in [3.8, 4) is 0 Å². The number of H-pyrrole nitrogens is 1. The molecule has 2 aliphatic rings. The van der Waals surface area contributed by atoms with Gasteiger partial charge < -0.3 is 10.2 Å². The molecular weight excluding hydrogens is 288 g/mol. The number of carbonyl (C=O) groups excluding carboxylic acids is 1. The van der Waals surface area contributed by atoms with Crippen molar-refractivity contribution in [2.24, 2.45) is 0 Å². The Balaban J connectivity index is 1.38. The quantitative estimate of drug-likeness (QED) is 0.915. The number of hydrogen-bond donors (Lipinski definition) is 2. The van der Waals surface area contributed by atoms with Gasteiger partial charge >= 0.3 is 6.03 Å². The molecule has 2 N–H and O–H groups in total. The minimum Gasteiger partial charge on any atom is -0.337 e. The fraction of sp³-hybridized carbons (Fsp3) is 0.444. The molecule has 0 spiro atoms. The number of hydrogen-bond acceptors (Lipinski definition) is 2. The van der Waals surface area contributed by atoms with E-state index < -0.39 is 0 Å². The molecule has 2 aromatic rings. The second kappa shape index (κ2) is 6.07. The first-order valence-electron chi connectivity index (χ1n) is 8.44. The number of urea groups is 1. The molecule has 2 heterocycles. The second-order valence-corrected chi connectivity index (χ2v) is 6.52. The molecule has 4 rings (SSSR count). The molecule has 1 fully saturated rings. The van der Waals surface area contributed by atoms with E-state index in [-0.39, 0.29) is 12.1 Å². The van der Waals surface area contributed by atoms with E-state index in [1.54, 1.807) is 0 Å². The zero-order valence-corrected chi connectivity index (χ0v) is 13.2. The second-order valence-electron chi connectivity index (χ2n) is 6.52. The van der Waals surface area contributed by atoms with Gasteiger partial charge in [-0.1, -0.05) is 24.3 Å². The summed E-state index contributed by atoms with van der Waals surface area (Å²) in [4.78, 5) is 14.6. The minimum absolute atomic E-state index is 0.0558. The molecule has 2 atom stereocenters. The van der Waals surface area contributed by atoms with Crippen LogP contribution in [0.25, 0.3) is 0 Å². The average molecular weight is 310 g/mol. The minimum atomic E-state index is 0.0558. The monoisotopic (exact) mass is 310 g/mol. The number of nitrogens with one attached hydrogen (secondary N) is 2. The first-order valence-corrected chi connectivity index (χ1v) is 8.44. The van der Waals surface area contributed by atoms with E-state index in [1.165, 1.54) is 11.1 Å². The summed E-state index contributed by atoms with van der Waals surface area (Å²) in [6.45, 7) is 1.55. The molecule has 1 aromatic heterocycles. The SMILES string of the molecule is O=C(NCC1Cc2ccccc21)N1CCCCC1c1cn[nH]c1. The summed E-state index contributed by atoms with van der Waals surface area (Å²) < 4.78 is 0. The number of piperidine rings is 1. The highest BCUT2D eigenvalue weighted by Crippen LogP contribution is 2.34. The molecule has 5 nitrogen and oxygen atoms in total. The fourth-order valence-corrected chi connectivity index (χ4v) is 3.82. The third-order valence-corrected chi connectivity index (χ3v) is 5.13. The number of carbonyl (C=O) groups is 1. The van der Waals surface area contributed by atoms with Gasteiger partial charge in [-0.05, 0) is 36.8 Å². The Kier molecular flexibility index (Phi) is 3.77. The zero-order valence-electron chi connectivity index (χ0n) is 13.2. The van der Waals surface area contributed by atoms with Crippen LogP contribution in [0.15, 0.2) is 36.7 Å². The lowest BCUT2D eigenvalue weighted by Gasteiger charge is -2.36.